The van der Waals surface area contributed by atoms with E-state index in [0.717, 1.165) is 19.3 Å². The molecule has 0 spiro atoms. The van der Waals surface area contributed by atoms with E-state index in [1.54, 1.807) is 0 Å². The Bertz CT molecular complexity index is 334. The molecule has 102 valence electrons. The summed E-state index contributed by atoms with van der Waals surface area (Å²) in [5.74, 6) is -0.353. The van der Waals surface area contributed by atoms with Gasteiger partial charge in [-0.25, -0.2) is 9.59 Å². The lowest BCUT2D eigenvalue weighted by molar-refractivity contribution is -0.154. The third-order valence-corrected chi connectivity index (χ3v) is 3.65. The predicted octanol–water partition coefficient (Wildman–Crippen LogP) is 0.670. The van der Waals surface area contributed by atoms with Gasteiger partial charge in [0.1, 0.15) is 0 Å². The molecular weight excluding hydrogens is 236 g/mol. The normalized spacial score (nSPS) is 32.3. The van der Waals surface area contributed by atoms with Crippen LogP contribution >= 0.6 is 0 Å². The van der Waals surface area contributed by atoms with Gasteiger partial charge < -0.3 is 20.1 Å². The molecule has 1 saturated heterocycles. The molecule has 6 nitrogen and oxygen atoms in total. The van der Waals surface area contributed by atoms with Crippen LogP contribution in [0.4, 0.5) is 4.79 Å². The molecule has 0 radical (unpaired) electrons. The highest BCUT2D eigenvalue weighted by Crippen LogP contribution is 2.24. The summed E-state index contributed by atoms with van der Waals surface area (Å²) >= 11 is 0. The lowest BCUT2D eigenvalue weighted by Crippen LogP contribution is -2.53. The van der Waals surface area contributed by atoms with E-state index in [9.17, 15) is 9.59 Å². The number of carbonyl (C=O) groups is 2. The molecule has 2 rings (SSSR count). The monoisotopic (exact) mass is 256 g/mol. The molecule has 2 fully saturated rings. The SMILES string of the molecule is CC1CCC(NC(=O)N2CCOC(C(=O)O)C2)C1. The minimum atomic E-state index is -1.01. The fourth-order valence-corrected chi connectivity index (χ4v) is 2.59. The molecule has 1 heterocycles. The fraction of sp³-hybridized carbons (Fsp3) is 0.833. The Morgan fingerprint density at radius 3 is 2.78 bits per heavy atom. The van der Waals surface area contributed by atoms with Gasteiger partial charge in [-0.05, 0) is 25.2 Å². The zero-order valence-electron chi connectivity index (χ0n) is 10.6. The first kappa shape index (κ1) is 13.1. The van der Waals surface area contributed by atoms with Gasteiger partial charge in [-0.15, -0.1) is 0 Å². The number of nitrogens with one attached hydrogen (secondary N) is 1. The molecule has 1 aliphatic carbocycles. The first-order valence-corrected chi connectivity index (χ1v) is 6.46. The van der Waals surface area contributed by atoms with Gasteiger partial charge in [0, 0.05) is 12.6 Å². The number of ether oxygens (including phenoxy) is 1. The van der Waals surface area contributed by atoms with Gasteiger partial charge >= 0.3 is 12.0 Å². The zero-order valence-corrected chi connectivity index (χ0v) is 10.6. The summed E-state index contributed by atoms with van der Waals surface area (Å²) in [6, 6.07) is 0.0715. The minimum absolute atomic E-state index is 0.128. The van der Waals surface area contributed by atoms with Crippen LogP contribution in [-0.4, -0.2) is 53.8 Å². The quantitative estimate of drug-likeness (QED) is 0.761. The van der Waals surface area contributed by atoms with Crippen molar-refractivity contribution in [1.82, 2.24) is 10.2 Å². The number of carboxylic acids is 1. The van der Waals surface area contributed by atoms with Gasteiger partial charge in [-0.2, -0.15) is 0 Å². The maximum Gasteiger partial charge on any atom is 0.334 e. The first-order valence-electron chi connectivity index (χ1n) is 6.46. The van der Waals surface area contributed by atoms with Crippen molar-refractivity contribution in [3.05, 3.63) is 0 Å². The lowest BCUT2D eigenvalue weighted by Gasteiger charge is -2.31. The maximum absolute atomic E-state index is 12.0. The highest BCUT2D eigenvalue weighted by molar-refractivity contribution is 5.77. The topological polar surface area (TPSA) is 78.9 Å². The van der Waals surface area contributed by atoms with E-state index in [2.05, 4.69) is 12.2 Å². The number of rotatable bonds is 2. The maximum atomic E-state index is 12.0. The van der Waals surface area contributed by atoms with E-state index in [1.165, 1.54) is 4.90 Å². The molecular formula is C12H20N2O4. The van der Waals surface area contributed by atoms with Gasteiger partial charge in [0.2, 0.25) is 0 Å². The summed E-state index contributed by atoms with van der Waals surface area (Å²) in [7, 11) is 0. The summed E-state index contributed by atoms with van der Waals surface area (Å²) in [4.78, 5) is 24.4. The van der Waals surface area contributed by atoms with E-state index in [1.807, 2.05) is 0 Å². The van der Waals surface area contributed by atoms with Crippen LogP contribution in [0.3, 0.4) is 0 Å². The van der Waals surface area contributed by atoms with Crippen molar-refractivity contribution >= 4 is 12.0 Å². The van der Waals surface area contributed by atoms with Gasteiger partial charge in [-0.3, -0.25) is 0 Å². The number of amides is 2. The van der Waals surface area contributed by atoms with Crippen molar-refractivity contribution in [3.63, 3.8) is 0 Å². The van der Waals surface area contributed by atoms with Crippen LogP contribution in [-0.2, 0) is 9.53 Å². The second kappa shape index (κ2) is 5.56. The van der Waals surface area contributed by atoms with E-state index in [4.69, 9.17) is 9.84 Å². The van der Waals surface area contributed by atoms with Crippen LogP contribution in [0.1, 0.15) is 26.2 Å². The molecule has 0 aromatic rings. The summed E-state index contributed by atoms with van der Waals surface area (Å²) in [6.07, 6.45) is 2.27. The summed E-state index contributed by atoms with van der Waals surface area (Å²) < 4.78 is 5.09. The molecule has 2 amide bonds. The Labute approximate surface area is 106 Å². The molecule has 1 aliphatic heterocycles. The third kappa shape index (κ3) is 3.13. The predicted molar refractivity (Wildman–Crippen MR) is 64.3 cm³/mol. The van der Waals surface area contributed by atoms with Crippen molar-refractivity contribution in [2.45, 2.75) is 38.3 Å². The number of hydrogen-bond donors (Lipinski definition) is 2. The Kier molecular flexibility index (Phi) is 4.06. The Morgan fingerprint density at radius 2 is 2.17 bits per heavy atom. The second-order valence-corrected chi connectivity index (χ2v) is 5.21. The highest BCUT2D eigenvalue weighted by Gasteiger charge is 2.31. The highest BCUT2D eigenvalue weighted by atomic mass is 16.5. The number of aliphatic carboxylic acids is 1. The van der Waals surface area contributed by atoms with Crippen molar-refractivity contribution in [3.8, 4) is 0 Å². The van der Waals surface area contributed by atoms with Crippen molar-refractivity contribution in [2.24, 2.45) is 5.92 Å². The second-order valence-electron chi connectivity index (χ2n) is 5.21. The summed E-state index contributed by atoms with van der Waals surface area (Å²) in [6.45, 7) is 3.05. The molecule has 3 unspecified atom stereocenters. The van der Waals surface area contributed by atoms with Gasteiger partial charge in [0.15, 0.2) is 6.10 Å². The molecule has 6 heteroatoms. The number of carboxylic acid groups (broad SMARTS) is 1. The van der Waals surface area contributed by atoms with Crippen LogP contribution in [0, 0.1) is 5.92 Å². The average Bonchev–Trinajstić information content (AvgIpc) is 2.75. The van der Waals surface area contributed by atoms with Crippen LogP contribution in [0.15, 0.2) is 0 Å². The van der Waals surface area contributed by atoms with Crippen molar-refractivity contribution in [1.29, 1.82) is 0 Å². The largest absolute Gasteiger partial charge is 0.479 e. The van der Waals surface area contributed by atoms with Gasteiger partial charge in [0.25, 0.3) is 0 Å². The molecule has 0 bridgehead atoms. The number of nitrogens with zero attached hydrogens (tertiary/aromatic N) is 1. The Morgan fingerprint density at radius 1 is 1.39 bits per heavy atom. The van der Waals surface area contributed by atoms with E-state index in [-0.39, 0.29) is 25.2 Å². The number of hydrogen-bond acceptors (Lipinski definition) is 3. The number of carbonyl (C=O) groups excluding carboxylic acids is 1. The van der Waals surface area contributed by atoms with Crippen LogP contribution in [0.25, 0.3) is 0 Å². The van der Waals surface area contributed by atoms with Crippen molar-refractivity contribution in [2.75, 3.05) is 19.7 Å². The number of morpholine rings is 1. The van der Waals surface area contributed by atoms with Gasteiger partial charge in [0.05, 0.1) is 13.2 Å². The van der Waals surface area contributed by atoms with Crippen LogP contribution < -0.4 is 5.32 Å². The number of urea groups is 1. The molecule has 0 aromatic carbocycles. The van der Waals surface area contributed by atoms with E-state index >= 15 is 0 Å². The zero-order chi connectivity index (χ0) is 13.1. The smallest absolute Gasteiger partial charge is 0.334 e. The Balaban J connectivity index is 1.83. The Hall–Kier alpha value is -1.30. The van der Waals surface area contributed by atoms with Crippen LogP contribution in [0.5, 0.6) is 0 Å². The van der Waals surface area contributed by atoms with Crippen LogP contribution in [0.2, 0.25) is 0 Å². The molecule has 2 N–H and O–H groups in total. The third-order valence-electron chi connectivity index (χ3n) is 3.65. The van der Waals surface area contributed by atoms with Gasteiger partial charge in [-0.1, -0.05) is 6.92 Å². The summed E-state index contributed by atoms with van der Waals surface area (Å²) in [5, 5.41) is 11.9. The molecule has 1 saturated carbocycles. The van der Waals surface area contributed by atoms with E-state index in [0.29, 0.717) is 12.5 Å². The summed E-state index contributed by atoms with van der Waals surface area (Å²) in [5.41, 5.74) is 0. The molecule has 18 heavy (non-hydrogen) atoms. The lowest BCUT2D eigenvalue weighted by atomic mass is 10.1. The first-order chi connectivity index (χ1) is 8.56. The standard InChI is InChI=1S/C12H20N2O4/c1-8-2-3-9(6-8)13-12(17)14-4-5-18-10(7-14)11(15)16/h8-10H,2-7H2,1H3,(H,13,17)(H,15,16). The van der Waals surface area contributed by atoms with Crippen molar-refractivity contribution < 1.29 is 19.4 Å². The molecule has 3 atom stereocenters. The molecule has 2 aliphatic rings. The van der Waals surface area contributed by atoms with E-state index < -0.39 is 12.1 Å². The molecule has 0 aromatic heterocycles. The minimum Gasteiger partial charge on any atom is -0.479 e. The fourth-order valence-electron chi connectivity index (χ4n) is 2.59. The average molecular weight is 256 g/mol.